The summed E-state index contributed by atoms with van der Waals surface area (Å²) >= 11 is 0. The van der Waals surface area contributed by atoms with Crippen LogP contribution in [0, 0.1) is 5.41 Å². The van der Waals surface area contributed by atoms with Crippen molar-refractivity contribution >= 4 is 0 Å². The first-order valence-corrected chi connectivity index (χ1v) is 5.89. The second-order valence-corrected chi connectivity index (χ2v) is 4.60. The first kappa shape index (κ1) is 10.5. The zero-order valence-corrected chi connectivity index (χ0v) is 9.92. The van der Waals surface area contributed by atoms with Gasteiger partial charge in [0.25, 0.3) is 0 Å². The molecule has 0 N–H and O–H groups in total. The van der Waals surface area contributed by atoms with Gasteiger partial charge < -0.3 is 4.74 Å². The molecular formula is C14H20O. The van der Waals surface area contributed by atoms with E-state index in [4.69, 9.17) is 4.74 Å². The standard InChI is InChI=1S/C14H20O/c1-4-14(5-2)10-13(14)11-6-8-12(15-3)9-7-11/h6-9,13H,4-5,10H2,1-3H3. The molecule has 0 aromatic heterocycles. The van der Waals surface area contributed by atoms with E-state index in [2.05, 4.69) is 38.1 Å². The van der Waals surface area contributed by atoms with Gasteiger partial charge in [-0.2, -0.15) is 0 Å². The van der Waals surface area contributed by atoms with Crippen LogP contribution in [0.2, 0.25) is 0 Å². The molecule has 1 unspecified atom stereocenters. The highest BCUT2D eigenvalue weighted by Crippen LogP contribution is 2.63. The number of rotatable bonds is 4. The van der Waals surface area contributed by atoms with Gasteiger partial charge in [-0.3, -0.25) is 0 Å². The van der Waals surface area contributed by atoms with E-state index in [1.165, 1.54) is 24.8 Å². The summed E-state index contributed by atoms with van der Waals surface area (Å²) in [6, 6.07) is 8.58. The van der Waals surface area contributed by atoms with E-state index in [-0.39, 0.29) is 0 Å². The van der Waals surface area contributed by atoms with Crippen molar-refractivity contribution in [2.24, 2.45) is 5.41 Å². The van der Waals surface area contributed by atoms with Gasteiger partial charge in [0.05, 0.1) is 7.11 Å². The molecule has 0 bridgehead atoms. The summed E-state index contributed by atoms with van der Waals surface area (Å²) in [5.41, 5.74) is 2.09. The molecule has 1 aliphatic rings. The van der Waals surface area contributed by atoms with E-state index >= 15 is 0 Å². The van der Waals surface area contributed by atoms with Crippen LogP contribution in [0.1, 0.15) is 44.6 Å². The maximum atomic E-state index is 5.17. The second-order valence-electron chi connectivity index (χ2n) is 4.60. The van der Waals surface area contributed by atoms with Gasteiger partial charge >= 0.3 is 0 Å². The maximum Gasteiger partial charge on any atom is 0.118 e. The van der Waals surface area contributed by atoms with E-state index in [1.807, 2.05) is 0 Å². The molecular weight excluding hydrogens is 184 g/mol. The van der Waals surface area contributed by atoms with Crippen molar-refractivity contribution in [3.63, 3.8) is 0 Å². The minimum absolute atomic E-state index is 0.606. The van der Waals surface area contributed by atoms with Crippen LogP contribution in [-0.4, -0.2) is 7.11 Å². The molecule has 15 heavy (non-hydrogen) atoms. The molecule has 0 aliphatic heterocycles. The predicted molar refractivity (Wildman–Crippen MR) is 63.4 cm³/mol. The Bertz CT molecular complexity index is 322. The van der Waals surface area contributed by atoms with Crippen LogP contribution in [0.25, 0.3) is 0 Å². The van der Waals surface area contributed by atoms with Crippen molar-refractivity contribution in [2.75, 3.05) is 7.11 Å². The van der Waals surface area contributed by atoms with Gasteiger partial charge in [0.2, 0.25) is 0 Å². The van der Waals surface area contributed by atoms with Crippen LogP contribution < -0.4 is 4.74 Å². The van der Waals surface area contributed by atoms with Gasteiger partial charge in [-0.05, 0) is 48.3 Å². The van der Waals surface area contributed by atoms with Crippen LogP contribution in [-0.2, 0) is 0 Å². The lowest BCUT2D eigenvalue weighted by Crippen LogP contribution is -1.99. The van der Waals surface area contributed by atoms with Crippen molar-refractivity contribution in [1.29, 1.82) is 0 Å². The van der Waals surface area contributed by atoms with Crippen LogP contribution in [0.5, 0.6) is 5.75 Å². The third kappa shape index (κ3) is 1.75. The fourth-order valence-corrected chi connectivity index (χ4v) is 2.69. The number of ether oxygens (including phenoxy) is 1. The molecule has 1 atom stereocenters. The van der Waals surface area contributed by atoms with E-state index in [1.54, 1.807) is 7.11 Å². The molecule has 82 valence electrons. The average Bonchev–Trinajstić information content (AvgIpc) is 3.05. The summed E-state index contributed by atoms with van der Waals surface area (Å²) in [5, 5.41) is 0. The monoisotopic (exact) mass is 204 g/mol. The molecule has 0 saturated heterocycles. The fraction of sp³-hybridized carbons (Fsp3) is 0.571. The first-order valence-electron chi connectivity index (χ1n) is 5.89. The van der Waals surface area contributed by atoms with Crippen molar-refractivity contribution in [2.45, 2.75) is 39.0 Å². The molecule has 1 aliphatic carbocycles. The third-order valence-electron chi connectivity index (χ3n) is 4.12. The summed E-state index contributed by atoms with van der Waals surface area (Å²) < 4.78 is 5.17. The molecule has 0 heterocycles. The van der Waals surface area contributed by atoms with Crippen molar-refractivity contribution in [3.8, 4) is 5.75 Å². The Hall–Kier alpha value is -0.980. The van der Waals surface area contributed by atoms with E-state index < -0.39 is 0 Å². The van der Waals surface area contributed by atoms with E-state index in [0.29, 0.717) is 5.41 Å². The SMILES string of the molecule is CCC1(CC)CC1c1ccc(OC)cc1. The van der Waals surface area contributed by atoms with E-state index in [9.17, 15) is 0 Å². The molecule has 1 saturated carbocycles. The van der Waals surface area contributed by atoms with Gasteiger partial charge in [0, 0.05) is 0 Å². The Labute approximate surface area is 92.5 Å². The van der Waals surface area contributed by atoms with Crippen LogP contribution in [0.15, 0.2) is 24.3 Å². The summed E-state index contributed by atoms with van der Waals surface area (Å²) in [7, 11) is 1.72. The van der Waals surface area contributed by atoms with Gasteiger partial charge in [-0.1, -0.05) is 26.0 Å². The topological polar surface area (TPSA) is 9.23 Å². The second kappa shape index (κ2) is 3.88. The summed E-state index contributed by atoms with van der Waals surface area (Å²) in [4.78, 5) is 0. The lowest BCUT2D eigenvalue weighted by Gasteiger charge is -2.12. The van der Waals surface area contributed by atoms with Crippen LogP contribution >= 0.6 is 0 Å². The Morgan fingerprint density at radius 3 is 2.20 bits per heavy atom. The molecule has 1 fully saturated rings. The highest BCUT2D eigenvalue weighted by atomic mass is 16.5. The Morgan fingerprint density at radius 2 is 1.80 bits per heavy atom. The predicted octanol–water partition coefficient (Wildman–Crippen LogP) is 3.99. The molecule has 0 spiro atoms. The first-order chi connectivity index (χ1) is 7.25. The molecule has 2 rings (SSSR count). The van der Waals surface area contributed by atoms with Crippen molar-refractivity contribution < 1.29 is 4.74 Å². The Balaban J connectivity index is 2.12. The Kier molecular flexibility index (Phi) is 2.72. The van der Waals surface area contributed by atoms with Crippen LogP contribution in [0.3, 0.4) is 0 Å². The number of benzene rings is 1. The average molecular weight is 204 g/mol. The third-order valence-corrected chi connectivity index (χ3v) is 4.12. The van der Waals surface area contributed by atoms with Gasteiger partial charge in [0.1, 0.15) is 5.75 Å². The van der Waals surface area contributed by atoms with Gasteiger partial charge in [0.15, 0.2) is 0 Å². The lowest BCUT2D eigenvalue weighted by atomic mass is 9.94. The van der Waals surface area contributed by atoms with Gasteiger partial charge in [-0.15, -0.1) is 0 Å². The van der Waals surface area contributed by atoms with Crippen molar-refractivity contribution in [3.05, 3.63) is 29.8 Å². The minimum atomic E-state index is 0.606. The van der Waals surface area contributed by atoms with Crippen LogP contribution in [0.4, 0.5) is 0 Å². The molecule has 1 nitrogen and oxygen atoms in total. The Morgan fingerprint density at radius 1 is 1.20 bits per heavy atom. The number of hydrogen-bond donors (Lipinski definition) is 0. The molecule has 1 aromatic carbocycles. The quantitative estimate of drug-likeness (QED) is 0.720. The van der Waals surface area contributed by atoms with Gasteiger partial charge in [-0.25, -0.2) is 0 Å². The smallest absolute Gasteiger partial charge is 0.118 e. The van der Waals surface area contributed by atoms with E-state index in [0.717, 1.165) is 11.7 Å². The minimum Gasteiger partial charge on any atom is -0.497 e. The fourth-order valence-electron chi connectivity index (χ4n) is 2.69. The number of hydrogen-bond acceptors (Lipinski definition) is 1. The molecule has 1 heteroatoms. The maximum absolute atomic E-state index is 5.17. The molecule has 1 aromatic rings. The molecule has 0 radical (unpaired) electrons. The summed E-state index contributed by atoms with van der Waals surface area (Å²) in [5.74, 6) is 1.75. The summed E-state index contributed by atoms with van der Waals surface area (Å²) in [6.45, 7) is 4.63. The largest absolute Gasteiger partial charge is 0.497 e. The zero-order chi connectivity index (χ0) is 10.9. The lowest BCUT2D eigenvalue weighted by molar-refractivity contribution is 0.414. The highest BCUT2D eigenvalue weighted by Gasteiger charge is 2.51. The zero-order valence-electron chi connectivity index (χ0n) is 9.92. The highest BCUT2D eigenvalue weighted by molar-refractivity contribution is 5.34. The summed E-state index contributed by atoms with van der Waals surface area (Å²) in [6.07, 6.45) is 3.98. The molecule has 0 amide bonds. The normalized spacial score (nSPS) is 22.5. The number of methoxy groups -OCH3 is 1. The van der Waals surface area contributed by atoms with Crippen molar-refractivity contribution in [1.82, 2.24) is 0 Å².